The third-order valence-electron chi connectivity index (χ3n) is 9.78. The number of rotatable bonds is 0. The van der Waals surface area contributed by atoms with E-state index in [9.17, 15) is 4.79 Å². The zero-order chi connectivity index (χ0) is 17.8. The van der Waals surface area contributed by atoms with Gasteiger partial charge in [0.05, 0.1) is 19.1 Å². The summed E-state index contributed by atoms with van der Waals surface area (Å²) in [4.78, 5) is 16.3. The molecule has 6 fully saturated rings. The minimum absolute atomic E-state index is 0.00509. The number of Topliss-reactive ketones (excluding diaryl/α,β-unsaturated/α-hetero) is 1. The Labute approximate surface area is 157 Å². The molecule has 4 nitrogen and oxygen atoms in total. The average Bonchev–Trinajstić information content (AvgIpc) is 3.06. The second kappa shape index (κ2) is 4.93. The maximum Gasteiger partial charge on any atom is 0.179 e. The van der Waals surface area contributed by atoms with Crippen molar-refractivity contribution in [1.82, 2.24) is 4.90 Å². The molecule has 26 heavy (non-hydrogen) atoms. The number of hydrogen-bond acceptors (Lipinski definition) is 4. The molecule has 6 aliphatic rings. The first kappa shape index (κ1) is 16.5. The summed E-state index contributed by atoms with van der Waals surface area (Å²) in [6, 6.07) is 0. The first-order chi connectivity index (χ1) is 12.4. The Morgan fingerprint density at radius 1 is 1.00 bits per heavy atom. The van der Waals surface area contributed by atoms with Gasteiger partial charge in [0.25, 0.3) is 0 Å². The Bertz CT molecular complexity index is 658. The van der Waals surface area contributed by atoms with Gasteiger partial charge in [0.15, 0.2) is 5.79 Å². The van der Waals surface area contributed by atoms with Crippen LogP contribution in [0.15, 0.2) is 0 Å². The van der Waals surface area contributed by atoms with E-state index in [1.807, 2.05) is 0 Å². The highest BCUT2D eigenvalue weighted by Gasteiger charge is 2.74. The average molecular weight is 360 g/mol. The normalized spacial score (nSPS) is 55.0. The van der Waals surface area contributed by atoms with Gasteiger partial charge in [-0.25, -0.2) is 0 Å². The van der Waals surface area contributed by atoms with Crippen LogP contribution in [0.1, 0.15) is 58.3 Å². The molecule has 0 aromatic rings. The van der Waals surface area contributed by atoms with E-state index >= 15 is 0 Å². The summed E-state index contributed by atoms with van der Waals surface area (Å²) >= 11 is 0. The zero-order valence-electron chi connectivity index (χ0n) is 16.4. The highest BCUT2D eigenvalue weighted by Crippen LogP contribution is 2.73. The van der Waals surface area contributed by atoms with Crippen molar-refractivity contribution in [2.45, 2.75) is 64.1 Å². The van der Waals surface area contributed by atoms with Crippen molar-refractivity contribution in [3.05, 3.63) is 0 Å². The monoisotopic (exact) mass is 359 g/mol. The number of carbonyl (C=O) groups is 1. The second-order valence-electron chi connectivity index (χ2n) is 10.9. The van der Waals surface area contributed by atoms with Crippen molar-refractivity contribution < 1.29 is 14.3 Å². The van der Waals surface area contributed by atoms with Crippen molar-refractivity contribution in [1.29, 1.82) is 0 Å². The van der Waals surface area contributed by atoms with Gasteiger partial charge in [-0.1, -0.05) is 13.3 Å². The lowest BCUT2D eigenvalue weighted by molar-refractivity contribution is -0.204. The van der Waals surface area contributed by atoms with Crippen LogP contribution in [0.25, 0.3) is 0 Å². The van der Waals surface area contributed by atoms with Crippen molar-refractivity contribution in [2.24, 2.45) is 34.0 Å². The van der Waals surface area contributed by atoms with E-state index in [-0.39, 0.29) is 11.3 Å². The highest BCUT2D eigenvalue weighted by molar-refractivity contribution is 5.92. The van der Waals surface area contributed by atoms with E-state index in [1.165, 1.54) is 45.2 Å². The van der Waals surface area contributed by atoms with E-state index in [1.54, 1.807) is 0 Å². The number of carbonyl (C=O) groups excluding carboxylic acids is 1. The zero-order valence-corrected chi connectivity index (χ0v) is 16.4. The van der Waals surface area contributed by atoms with Crippen molar-refractivity contribution in [2.75, 3.05) is 33.4 Å². The van der Waals surface area contributed by atoms with Gasteiger partial charge in [-0.3, -0.25) is 4.79 Å². The number of ether oxygens (including phenoxy) is 2. The summed E-state index contributed by atoms with van der Waals surface area (Å²) in [7, 11) is 2.32. The molecule has 4 bridgehead atoms. The van der Waals surface area contributed by atoms with Gasteiger partial charge in [0.2, 0.25) is 0 Å². The van der Waals surface area contributed by atoms with Crippen LogP contribution in [0.3, 0.4) is 0 Å². The third kappa shape index (κ3) is 1.72. The minimum Gasteiger partial charge on any atom is -0.347 e. The van der Waals surface area contributed by atoms with Crippen LogP contribution in [0, 0.1) is 34.0 Å². The molecule has 0 unspecified atom stereocenters. The number of likely N-dealkylation sites (tertiary alicyclic amines) is 1. The first-order valence-electron chi connectivity index (χ1n) is 11.0. The van der Waals surface area contributed by atoms with Crippen LogP contribution >= 0.6 is 0 Å². The van der Waals surface area contributed by atoms with Gasteiger partial charge in [-0.05, 0) is 68.2 Å². The number of hydrogen-bond donors (Lipinski definition) is 0. The van der Waals surface area contributed by atoms with Crippen molar-refractivity contribution >= 4 is 5.78 Å². The molecule has 6 rings (SSSR count). The van der Waals surface area contributed by atoms with Crippen LogP contribution in [0.4, 0.5) is 0 Å². The number of ketones is 1. The Morgan fingerprint density at radius 2 is 1.81 bits per heavy atom. The highest BCUT2D eigenvalue weighted by atomic mass is 16.7. The summed E-state index contributed by atoms with van der Waals surface area (Å²) in [5.74, 6) is 1.32. The lowest BCUT2D eigenvalue weighted by atomic mass is 9.39. The number of fused-ring (bicyclic) bond motifs is 2. The topological polar surface area (TPSA) is 38.8 Å². The molecular formula is C22H33NO3. The van der Waals surface area contributed by atoms with Crippen LogP contribution in [0.5, 0.6) is 0 Å². The van der Waals surface area contributed by atoms with Crippen LogP contribution in [-0.2, 0) is 14.3 Å². The fourth-order valence-corrected chi connectivity index (χ4v) is 9.43. The SMILES string of the molecule is CN1C[C@@]2(C)CCC[C@]3(C1)[C@@H]2CC[C@]12CC4(OCCO4)[C@H](CC[C@H]13)C2=O. The lowest BCUT2D eigenvalue weighted by Gasteiger charge is -2.68. The molecule has 0 aromatic carbocycles. The van der Waals surface area contributed by atoms with Gasteiger partial charge in [-0.2, -0.15) is 0 Å². The van der Waals surface area contributed by atoms with E-state index in [2.05, 4.69) is 18.9 Å². The fraction of sp³-hybridized carbons (Fsp3) is 0.955. The van der Waals surface area contributed by atoms with Gasteiger partial charge >= 0.3 is 0 Å². The van der Waals surface area contributed by atoms with Crippen LogP contribution in [0.2, 0.25) is 0 Å². The molecular weight excluding hydrogens is 326 g/mol. The summed E-state index contributed by atoms with van der Waals surface area (Å²) in [6.45, 7) is 6.32. The third-order valence-corrected chi connectivity index (χ3v) is 9.78. The van der Waals surface area contributed by atoms with Crippen LogP contribution in [-0.4, -0.2) is 49.8 Å². The molecule has 0 aromatic heterocycles. The van der Waals surface area contributed by atoms with Gasteiger partial charge < -0.3 is 14.4 Å². The molecule has 144 valence electrons. The summed E-state index contributed by atoms with van der Waals surface area (Å²) < 4.78 is 12.3. The molecule has 2 saturated heterocycles. The Balaban J connectivity index is 1.47. The predicted octanol–water partition coefficient (Wildman–Crippen LogP) is 3.25. The standard InChI is InChI=1S/C22H33NO3/c1-19-7-3-8-21(14-23(2)13-19)16(19)6-9-20-12-22(25-10-11-26-22)15(18(20)24)4-5-17(20)21/h15-17H,3-14H2,1-2H3/t15-,16-,17-,19-,20+,21+/m1/s1. The molecule has 0 N–H and O–H groups in total. The van der Waals surface area contributed by atoms with E-state index in [4.69, 9.17) is 9.47 Å². The second-order valence-corrected chi connectivity index (χ2v) is 10.9. The van der Waals surface area contributed by atoms with E-state index in [0.717, 1.165) is 25.2 Å². The van der Waals surface area contributed by atoms with Crippen LogP contribution < -0.4 is 0 Å². The molecule has 4 saturated carbocycles. The number of piperidine rings is 1. The van der Waals surface area contributed by atoms with Crippen molar-refractivity contribution in [3.8, 4) is 0 Å². The maximum absolute atomic E-state index is 13.7. The van der Waals surface area contributed by atoms with Gasteiger partial charge in [0, 0.05) is 24.9 Å². The summed E-state index contributed by atoms with van der Waals surface area (Å²) in [5, 5.41) is 0. The molecule has 2 aliphatic heterocycles. The van der Waals surface area contributed by atoms with Gasteiger partial charge in [-0.15, -0.1) is 0 Å². The summed E-state index contributed by atoms with van der Waals surface area (Å²) in [6.07, 6.45) is 9.44. The van der Waals surface area contributed by atoms with E-state index in [0.29, 0.717) is 35.7 Å². The Kier molecular flexibility index (Phi) is 3.13. The molecule has 6 atom stereocenters. The minimum atomic E-state index is -0.562. The Hall–Kier alpha value is -0.450. The molecule has 4 heteroatoms. The van der Waals surface area contributed by atoms with Crippen molar-refractivity contribution in [3.63, 3.8) is 0 Å². The Morgan fingerprint density at radius 3 is 2.62 bits per heavy atom. The smallest absolute Gasteiger partial charge is 0.179 e. The first-order valence-corrected chi connectivity index (χ1v) is 11.0. The predicted molar refractivity (Wildman–Crippen MR) is 97.5 cm³/mol. The lowest BCUT2D eigenvalue weighted by Crippen LogP contribution is -2.67. The molecule has 0 amide bonds. The van der Waals surface area contributed by atoms with Gasteiger partial charge in [0.1, 0.15) is 5.78 Å². The van der Waals surface area contributed by atoms with E-state index < -0.39 is 5.79 Å². The molecule has 2 heterocycles. The molecule has 4 aliphatic carbocycles. The largest absolute Gasteiger partial charge is 0.347 e. The molecule has 0 radical (unpaired) electrons. The quantitative estimate of drug-likeness (QED) is 0.666. The summed E-state index contributed by atoms with van der Waals surface area (Å²) in [5.41, 5.74) is 0.645. The fourth-order valence-electron chi connectivity index (χ4n) is 9.43. The molecule has 2 spiro atoms. The maximum atomic E-state index is 13.7. The number of nitrogens with zero attached hydrogens (tertiary/aromatic N) is 1.